The molecular formula is C16H25N3O. The molecule has 2 saturated carbocycles. The molecule has 2 bridgehead atoms. The number of carbonyl (C=O) groups is 1. The van der Waals surface area contributed by atoms with Crippen molar-refractivity contribution in [2.45, 2.75) is 52.0 Å². The molecule has 0 unspecified atom stereocenters. The number of amides is 1. The largest absolute Gasteiger partial charge is 0.348 e. The van der Waals surface area contributed by atoms with Crippen LogP contribution in [0.5, 0.6) is 0 Å². The minimum atomic E-state index is 0.0231. The van der Waals surface area contributed by atoms with Gasteiger partial charge < -0.3 is 5.32 Å². The SMILES string of the molecule is CCc1cc(C(=O)N[C@@H](C)[C@@H]2C[C@H]3CC[C@H]2C3)n(C)n1. The number of aromatic nitrogens is 2. The van der Waals surface area contributed by atoms with E-state index in [1.807, 2.05) is 13.1 Å². The Morgan fingerprint density at radius 3 is 2.85 bits per heavy atom. The van der Waals surface area contributed by atoms with E-state index in [1.165, 1.54) is 25.7 Å². The Bertz CT molecular complexity index is 508. The molecule has 1 N–H and O–H groups in total. The normalized spacial score (nSPS) is 29.6. The van der Waals surface area contributed by atoms with E-state index in [1.54, 1.807) is 4.68 Å². The third kappa shape index (κ3) is 2.36. The molecule has 4 heteroatoms. The number of hydrogen-bond acceptors (Lipinski definition) is 2. The predicted octanol–water partition coefficient (Wildman–Crippen LogP) is 2.54. The van der Waals surface area contributed by atoms with E-state index >= 15 is 0 Å². The van der Waals surface area contributed by atoms with Crippen molar-refractivity contribution in [2.24, 2.45) is 24.8 Å². The Kier molecular flexibility index (Phi) is 3.57. The van der Waals surface area contributed by atoms with Gasteiger partial charge in [-0.25, -0.2) is 0 Å². The van der Waals surface area contributed by atoms with Gasteiger partial charge in [0.1, 0.15) is 5.69 Å². The summed E-state index contributed by atoms with van der Waals surface area (Å²) in [5.74, 6) is 2.47. The maximum absolute atomic E-state index is 12.4. The maximum atomic E-state index is 12.4. The molecule has 4 nitrogen and oxygen atoms in total. The first-order chi connectivity index (χ1) is 9.58. The number of carbonyl (C=O) groups excluding carboxylic acids is 1. The van der Waals surface area contributed by atoms with Crippen LogP contribution < -0.4 is 5.32 Å². The van der Waals surface area contributed by atoms with Crippen molar-refractivity contribution in [1.82, 2.24) is 15.1 Å². The fraction of sp³-hybridized carbons (Fsp3) is 0.750. The number of rotatable bonds is 4. The van der Waals surface area contributed by atoms with Crippen LogP contribution in [-0.2, 0) is 13.5 Å². The monoisotopic (exact) mass is 275 g/mol. The lowest BCUT2D eigenvalue weighted by Crippen LogP contribution is -2.40. The van der Waals surface area contributed by atoms with Gasteiger partial charge in [0, 0.05) is 13.1 Å². The van der Waals surface area contributed by atoms with Crippen LogP contribution in [0.1, 0.15) is 55.7 Å². The van der Waals surface area contributed by atoms with Crippen LogP contribution in [0.25, 0.3) is 0 Å². The Morgan fingerprint density at radius 1 is 1.50 bits per heavy atom. The fourth-order valence-corrected chi connectivity index (χ4v) is 4.21. The first-order valence-corrected chi connectivity index (χ1v) is 7.92. The van der Waals surface area contributed by atoms with Crippen LogP contribution in [-0.4, -0.2) is 21.7 Å². The summed E-state index contributed by atoms with van der Waals surface area (Å²) in [6, 6.07) is 2.18. The van der Waals surface area contributed by atoms with Crippen LogP contribution in [0.3, 0.4) is 0 Å². The predicted molar refractivity (Wildman–Crippen MR) is 78.5 cm³/mol. The van der Waals surface area contributed by atoms with E-state index in [0.717, 1.165) is 24.0 Å². The van der Waals surface area contributed by atoms with Crippen LogP contribution >= 0.6 is 0 Å². The van der Waals surface area contributed by atoms with E-state index in [0.29, 0.717) is 11.6 Å². The van der Waals surface area contributed by atoms with Gasteiger partial charge in [-0.1, -0.05) is 13.3 Å². The summed E-state index contributed by atoms with van der Waals surface area (Å²) in [6.07, 6.45) is 6.32. The van der Waals surface area contributed by atoms with Crippen molar-refractivity contribution in [1.29, 1.82) is 0 Å². The van der Waals surface area contributed by atoms with E-state index in [-0.39, 0.29) is 11.9 Å². The topological polar surface area (TPSA) is 46.9 Å². The first-order valence-electron chi connectivity index (χ1n) is 7.92. The molecule has 0 radical (unpaired) electrons. The molecule has 0 aromatic carbocycles. The molecule has 2 fully saturated rings. The standard InChI is InChI=1S/C16H25N3O/c1-4-13-9-15(19(3)18-13)16(20)17-10(2)14-8-11-5-6-12(14)7-11/h9-12,14H,4-8H2,1-3H3,(H,17,20)/t10-,11-,12-,14-/m0/s1. The smallest absolute Gasteiger partial charge is 0.269 e. The lowest BCUT2D eigenvalue weighted by Gasteiger charge is -2.28. The Hall–Kier alpha value is -1.32. The minimum Gasteiger partial charge on any atom is -0.348 e. The zero-order chi connectivity index (χ0) is 14.3. The molecular weight excluding hydrogens is 250 g/mol. The highest BCUT2D eigenvalue weighted by atomic mass is 16.2. The van der Waals surface area contributed by atoms with Crippen LogP contribution in [0.4, 0.5) is 0 Å². The lowest BCUT2D eigenvalue weighted by molar-refractivity contribution is 0.0905. The molecule has 0 spiro atoms. The molecule has 1 aromatic heterocycles. The Balaban J connectivity index is 1.64. The van der Waals surface area contributed by atoms with Gasteiger partial charge >= 0.3 is 0 Å². The first kappa shape index (κ1) is 13.7. The van der Waals surface area contributed by atoms with Crippen molar-refractivity contribution in [3.05, 3.63) is 17.5 Å². The number of hydrogen-bond donors (Lipinski definition) is 1. The molecule has 0 aliphatic heterocycles. The molecule has 0 saturated heterocycles. The summed E-state index contributed by atoms with van der Waals surface area (Å²) >= 11 is 0. The summed E-state index contributed by atoms with van der Waals surface area (Å²) in [7, 11) is 1.84. The second kappa shape index (κ2) is 5.23. The van der Waals surface area contributed by atoms with E-state index < -0.39 is 0 Å². The number of fused-ring (bicyclic) bond motifs is 2. The summed E-state index contributed by atoms with van der Waals surface area (Å²) < 4.78 is 1.70. The highest BCUT2D eigenvalue weighted by molar-refractivity contribution is 5.92. The molecule has 1 aromatic rings. The minimum absolute atomic E-state index is 0.0231. The molecule has 20 heavy (non-hydrogen) atoms. The van der Waals surface area contributed by atoms with Crippen molar-refractivity contribution in [2.75, 3.05) is 0 Å². The highest BCUT2D eigenvalue weighted by Gasteiger charge is 2.42. The van der Waals surface area contributed by atoms with Crippen LogP contribution in [0.15, 0.2) is 6.07 Å². The molecule has 1 amide bonds. The van der Waals surface area contributed by atoms with Crippen LogP contribution in [0, 0.1) is 17.8 Å². The zero-order valence-corrected chi connectivity index (χ0v) is 12.7. The number of aryl methyl sites for hydroxylation is 2. The highest BCUT2D eigenvalue weighted by Crippen LogP contribution is 2.49. The molecule has 2 aliphatic rings. The summed E-state index contributed by atoms with van der Waals surface area (Å²) in [5, 5.41) is 7.55. The third-order valence-electron chi connectivity index (χ3n) is 5.32. The van der Waals surface area contributed by atoms with Gasteiger partial charge in [0.25, 0.3) is 5.91 Å². The molecule has 3 rings (SSSR count). The average molecular weight is 275 g/mol. The third-order valence-corrected chi connectivity index (χ3v) is 5.32. The van der Waals surface area contributed by atoms with Crippen LogP contribution in [0.2, 0.25) is 0 Å². The molecule has 2 aliphatic carbocycles. The number of nitrogens with one attached hydrogen (secondary N) is 1. The molecule has 1 heterocycles. The van der Waals surface area contributed by atoms with Gasteiger partial charge in [-0.3, -0.25) is 9.48 Å². The quantitative estimate of drug-likeness (QED) is 0.918. The van der Waals surface area contributed by atoms with Crippen molar-refractivity contribution in [3.8, 4) is 0 Å². The van der Waals surface area contributed by atoms with E-state index in [9.17, 15) is 4.79 Å². The average Bonchev–Trinajstić information content (AvgIpc) is 3.12. The maximum Gasteiger partial charge on any atom is 0.269 e. The van der Waals surface area contributed by atoms with Gasteiger partial charge in [-0.05, 0) is 56.4 Å². The van der Waals surface area contributed by atoms with E-state index in [4.69, 9.17) is 0 Å². The summed E-state index contributed by atoms with van der Waals surface area (Å²) in [6.45, 7) is 4.22. The van der Waals surface area contributed by atoms with Gasteiger partial charge in [-0.2, -0.15) is 5.10 Å². The summed E-state index contributed by atoms with van der Waals surface area (Å²) in [4.78, 5) is 12.4. The van der Waals surface area contributed by atoms with Crippen molar-refractivity contribution < 1.29 is 4.79 Å². The second-order valence-corrected chi connectivity index (χ2v) is 6.60. The Labute approximate surface area is 120 Å². The molecule has 4 atom stereocenters. The van der Waals surface area contributed by atoms with Gasteiger partial charge in [0.05, 0.1) is 5.69 Å². The van der Waals surface area contributed by atoms with Gasteiger partial charge in [0.2, 0.25) is 0 Å². The van der Waals surface area contributed by atoms with Gasteiger partial charge in [0.15, 0.2) is 0 Å². The second-order valence-electron chi connectivity index (χ2n) is 6.60. The Morgan fingerprint density at radius 2 is 2.30 bits per heavy atom. The van der Waals surface area contributed by atoms with Gasteiger partial charge in [-0.15, -0.1) is 0 Å². The lowest BCUT2D eigenvalue weighted by atomic mass is 9.84. The van der Waals surface area contributed by atoms with E-state index in [2.05, 4.69) is 24.3 Å². The van der Waals surface area contributed by atoms with Crippen molar-refractivity contribution >= 4 is 5.91 Å². The summed E-state index contributed by atoms with van der Waals surface area (Å²) in [5.41, 5.74) is 1.65. The fourth-order valence-electron chi connectivity index (χ4n) is 4.21. The number of nitrogens with zero attached hydrogens (tertiary/aromatic N) is 2. The zero-order valence-electron chi connectivity index (χ0n) is 12.7. The van der Waals surface area contributed by atoms with Crippen molar-refractivity contribution in [3.63, 3.8) is 0 Å². The molecule has 110 valence electrons.